The number of rotatable bonds is 3. The zero-order valence-corrected chi connectivity index (χ0v) is 10.1. The van der Waals surface area contributed by atoms with Crippen LogP contribution in [0.25, 0.3) is 0 Å². The molecule has 0 aliphatic rings. The van der Waals surface area contributed by atoms with E-state index in [4.69, 9.17) is 0 Å². The second kappa shape index (κ2) is 5.11. The molecule has 5 nitrogen and oxygen atoms in total. The Kier molecular flexibility index (Phi) is 3.62. The molecule has 0 N–H and O–H groups in total. The Morgan fingerprint density at radius 2 is 1.95 bits per heavy atom. The molecule has 0 radical (unpaired) electrons. The number of hydrogen-bond acceptors (Lipinski definition) is 3. The first kappa shape index (κ1) is 14.9. The average molecular weight is 307 g/mol. The van der Waals surface area contributed by atoms with Crippen molar-refractivity contribution in [2.45, 2.75) is 12.7 Å². The summed E-state index contributed by atoms with van der Waals surface area (Å²) in [4.78, 5) is 12.3. The lowest BCUT2D eigenvalue weighted by molar-refractivity contribution is -0.389. The molecule has 1 aromatic carbocycles. The van der Waals surface area contributed by atoms with E-state index in [1.165, 1.54) is 0 Å². The Morgan fingerprint density at radius 1 is 1.29 bits per heavy atom. The van der Waals surface area contributed by atoms with Crippen LogP contribution in [0.1, 0.15) is 11.4 Å². The van der Waals surface area contributed by atoms with Crippen LogP contribution >= 0.6 is 0 Å². The monoisotopic (exact) mass is 307 g/mol. The van der Waals surface area contributed by atoms with Crippen molar-refractivity contribution in [3.05, 3.63) is 57.5 Å². The van der Waals surface area contributed by atoms with Crippen molar-refractivity contribution in [1.29, 1.82) is 0 Å². The van der Waals surface area contributed by atoms with E-state index < -0.39 is 40.9 Å². The van der Waals surface area contributed by atoms with E-state index in [1.54, 1.807) is 0 Å². The van der Waals surface area contributed by atoms with Gasteiger partial charge >= 0.3 is 17.8 Å². The van der Waals surface area contributed by atoms with E-state index in [2.05, 4.69) is 4.98 Å². The van der Waals surface area contributed by atoms with Crippen LogP contribution in [0, 0.1) is 21.7 Å². The topological polar surface area (TPSA) is 61.0 Å². The van der Waals surface area contributed by atoms with Gasteiger partial charge in [0.05, 0.1) is 6.54 Å². The highest BCUT2D eigenvalue weighted by Crippen LogP contribution is 2.30. The minimum absolute atomic E-state index is 0.255. The van der Waals surface area contributed by atoms with E-state index in [1.807, 2.05) is 0 Å². The summed E-state index contributed by atoms with van der Waals surface area (Å²) in [7, 11) is 0. The lowest BCUT2D eigenvalue weighted by Gasteiger charge is -2.07. The maximum absolute atomic E-state index is 13.4. The standard InChI is InChI=1S/C11H6F5N3O2/c12-7-2-1-6(8(13)3-7)4-18-5-9(19(20)21)17-10(18)11(14,15)16/h1-3,5H,4H2. The number of aromatic nitrogens is 2. The molecular weight excluding hydrogens is 301 g/mol. The van der Waals surface area contributed by atoms with E-state index in [9.17, 15) is 32.1 Å². The maximum atomic E-state index is 13.4. The van der Waals surface area contributed by atoms with Gasteiger partial charge in [-0.1, -0.05) is 6.07 Å². The van der Waals surface area contributed by atoms with Crippen molar-refractivity contribution in [1.82, 2.24) is 9.55 Å². The van der Waals surface area contributed by atoms with Crippen molar-refractivity contribution in [3.63, 3.8) is 0 Å². The van der Waals surface area contributed by atoms with Crippen LogP contribution < -0.4 is 0 Å². The summed E-state index contributed by atoms with van der Waals surface area (Å²) in [5.41, 5.74) is -0.255. The third-order valence-electron chi connectivity index (χ3n) is 2.56. The quantitative estimate of drug-likeness (QED) is 0.497. The maximum Gasteiger partial charge on any atom is 0.475 e. The third-order valence-corrected chi connectivity index (χ3v) is 2.56. The SMILES string of the molecule is O=[N+]([O-])c1cn(Cc2ccc(F)cc2F)c(C(F)(F)F)n1. The molecular formula is C11H6F5N3O2. The zero-order chi connectivity index (χ0) is 15.8. The molecule has 1 heterocycles. The molecule has 112 valence electrons. The van der Waals surface area contributed by atoms with Gasteiger partial charge in [-0.3, -0.25) is 4.57 Å². The van der Waals surface area contributed by atoms with E-state index in [0.29, 0.717) is 16.8 Å². The van der Waals surface area contributed by atoms with E-state index >= 15 is 0 Å². The Labute approximate surface area is 113 Å². The molecule has 0 aliphatic heterocycles. The fourth-order valence-electron chi connectivity index (χ4n) is 1.67. The van der Waals surface area contributed by atoms with Gasteiger partial charge in [-0.25, -0.2) is 8.78 Å². The molecule has 0 atom stereocenters. The number of hydrogen-bond donors (Lipinski definition) is 0. The van der Waals surface area contributed by atoms with Gasteiger partial charge in [0.15, 0.2) is 0 Å². The minimum atomic E-state index is -4.94. The molecule has 0 bridgehead atoms. The molecule has 2 rings (SSSR count). The van der Waals surface area contributed by atoms with Crippen molar-refractivity contribution in [2.24, 2.45) is 0 Å². The first-order valence-corrected chi connectivity index (χ1v) is 5.41. The van der Waals surface area contributed by atoms with E-state index in [0.717, 1.165) is 12.1 Å². The molecule has 0 saturated heterocycles. The van der Waals surface area contributed by atoms with Crippen LogP contribution in [-0.2, 0) is 12.7 Å². The van der Waals surface area contributed by atoms with E-state index in [-0.39, 0.29) is 5.56 Å². The van der Waals surface area contributed by atoms with Gasteiger partial charge in [0.25, 0.3) is 0 Å². The van der Waals surface area contributed by atoms with Gasteiger partial charge in [0, 0.05) is 11.6 Å². The Morgan fingerprint density at radius 3 is 2.48 bits per heavy atom. The molecule has 0 unspecified atom stereocenters. The summed E-state index contributed by atoms with van der Waals surface area (Å²) in [6, 6.07) is 2.33. The second-order valence-electron chi connectivity index (χ2n) is 4.04. The fourth-order valence-corrected chi connectivity index (χ4v) is 1.67. The molecule has 21 heavy (non-hydrogen) atoms. The van der Waals surface area contributed by atoms with Gasteiger partial charge in [-0.15, -0.1) is 0 Å². The number of alkyl halides is 3. The first-order valence-electron chi connectivity index (χ1n) is 5.41. The molecule has 0 spiro atoms. The Balaban J connectivity index is 2.45. The first-order chi connectivity index (χ1) is 9.68. The van der Waals surface area contributed by atoms with Crippen LogP contribution in [0.15, 0.2) is 24.4 Å². The lowest BCUT2D eigenvalue weighted by atomic mass is 10.2. The smallest absolute Gasteiger partial charge is 0.358 e. The van der Waals surface area contributed by atoms with Gasteiger partial charge in [-0.05, 0) is 16.0 Å². The van der Waals surface area contributed by atoms with Gasteiger partial charge in [0.1, 0.15) is 17.8 Å². The molecule has 0 amide bonds. The predicted octanol–water partition coefficient (Wildman–Crippen LogP) is 3.14. The van der Waals surface area contributed by atoms with Crippen LogP contribution in [0.4, 0.5) is 27.8 Å². The van der Waals surface area contributed by atoms with Gasteiger partial charge < -0.3 is 10.1 Å². The minimum Gasteiger partial charge on any atom is -0.358 e. The van der Waals surface area contributed by atoms with Crippen LogP contribution in [0.2, 0.25) is 0 Å². The number of nitro groups is 1. The van der Waals surface area contributed by atoms with Crippen molar-refractivity contribution >= 4 is 5.82 Å². The number of benzene rings is 1. The summed E-state index contributed by atoms with van der Waals surface area (Å²) in [6.45, 7) is -0.665. The second-order valence-corrected chi connectivity index (χ2v) is 4.04. The third kappa shape index (κ3) is 3.15. The highest BCUT2D eigenvalue weighted by molar-refractivity contribution is 5.23. The number of nitrogens with zero attached hydrogens (tertiary/aromatic N) is 3. The molecule has 0 aliphatic carbocycles. The molecule has 0 saturated carbocycles. The number of imidazole rings is 1. The van der Waals surface area contributed by atoms with Crippen molar-refractivity contribution in [3.8, 4) is 0 Å². The summed E-state index contributed by atoms with van der Waals surface area (Å²) in [5, 5.41) is 10.5. The normalized spacial score (nSPS) is 11.7. The van der Waals surface area contributed by atoms with Crippen LogP contribution in [-0.4, -0.2) is 14.5 Å². The zero-order valence-electron chi connectivity index (χ0n) is 10.1. The summed E-state index contributed by atoms with van der Waals surface area (Å²) in [6.07, 6.45) is -4.39. The highest BCUT2D eigenvalue weighted by Gasteiger charge is 2.43. The Bertz CT molecular complexity index is 696. The molecule has 0 fully saturated rings. The van der Waals surface area contributed by atoms with Crippen molar-refractivity contribution < 1.29 is 26.9 Å². The van der Waals surface area contributed by atoms with Gasteiger partial charge in [0.2, 0.25) is 0 Å². The summed E-state index contributed by atoms with van der Waals surface area (Å²) < 4.78 is 64.8. The summed E-state index contributed by atoms with van der Waals surface area (Å²) in [5.74, 6) is -4.48. The van der Waals surface area contributed by atoms with Crippen LogP contribution in [0.3, 0.4) is 0 Å². The highest BCUT2D eigenvalue weighted by atomic mass is 19.4. The summed E-state index contributed by atoms with van der Waals surface area (Å²) >= 11 is 0. The largest absolute Gasteiger partial charge is 0.475 e. The Hall–Kier alpha value is -2.52. The number of halogens is 5. The van der Waals surface area contributed by atoms with Gasteiger partial charge in [-0.2, -0.15) is 13.2 Å². The predicted molar refractivity (Wildman–Crippen MR) is 59.3 cm³/mol. The molecule has 2 aromatic rings. The average Bonchev–Trinajstić information content (AvgIpc) is 2.76. The van der Waals surface area contributed by atoms with Crippen LogP contribution in [0.5, 0.6) is 0 Å². The lowest BCUT2D eigenvalue weighted by Crippen LogP contribution is -2.15. The van der Waals surface area contributed by atoms with Crippen molar-refractivity contribution in [2.75, 3.05) is 0 Å². The fraction of sp³-hybridized carbons (Fsp3) is 0.182. The molecule has 1 aromatic heterocycles. The molecule has 10 heteroatoms.